The van der Waals surface area contributed by atoms with Crippen LogP contribution in [0.15, 0.2) is 42.5 Å². The number of hydrogen-bond donors (Lipinski definition) is 0. The van der Waals surface area contributed by atoms with E-state index in [2.05, 4.69) is 0 Å². The molecule has 160 valence electrons. The van der Waals surface area contributed by atoms with Gasteiger partial charge in [-0.3, -0.25) is 0 Å². The fraction of sp³-hybridized carbons (Fsp3) is 0.250. The number of fused-ring (bicyclic) bond motifs is 2. The summed E-state index contributed by atoms with van der Waals surface area (Å²) in [6, 6.07) is 13.2. The van der Waals surface area contributed by atoms with Crippen LogP contribution in [0, 0.1) is 0 Å². The van der Waals surface area contributed by atoms with Gasteiger partial charge in [0.2, 0.25) is 0 Å². The Bertz CT molecular complexity index is 1330. The molecular weight excluding hydrogens is 416 g/mol. The first-order valence-corrected chi connectivity index (χ1v) is 10.5. The fourth-order valence-corrected chi connectivity index (χ4v) is 4.19. The van der Waals surface area contributed by atoms with Crippen LogP contribution in [0.1, 0.15) is 34.8 Å². The highest BCUT2D eigenvalue weighted by atomic mass is 35.5. The number of ether oxygens (including phenoxy) is 2. The molecule has 0 fully saturated rings. The minimum atomic E-state index is -0.397. The standard InChI is InChI=1S/C24H23ClN2O4/c1-5-30-23(28)20-11-14-7-8-15(12-18(14)26(20)3)21-17-10-9-16(25)13-19(17)27(4)22(21)24(29)31-6-2/h7-13H,5-6H2,1-4H3. The van der Waals surface area contributed by atoms with Gasteiger partial charge in [0, 0.05) is 41.0 Å². The van der Waals surface area contributed by atoms with Crippen molar-refractivity contribution in [3.05, 3.63) is 58.9 Å². The van der Waals surface area contributed by atoms with Crippen molar-refractivity contribution in [2.45, 2.75) is 13.8 Å². The Kier molecular flexibility index (Phi) is 5.50. The monoisotopic (exact) mass is 438 g/mol. The van der Waals surface area contributed by atoms with Gasteiger partial charge in [-0.15, -0.1) is 0 Å². The number of aromatic nitrogens is 2. The first-order valence-electron chi connectivity index (χ1n) is 10.1. The molecule has 31 heavy (non-hydrogen) atoms. The Morgan fingerprint density at radius 3 is 2.29 bits per heavy atom. The van der Waals surface area contributed by atoms with Gasteiger partial charge >= 0.3 is 11.9 Å². The van der Waals surface area contributed by atoms with E-state index in [1.165, 1.54) is 0 Å². The summed E-state index contributed by atoms with van der Waals surface area (Å²) in [5, 5.41) is 2.40. The minimum Gasteiger partial charge on any atom is -0.461 e. The number of nitrogens with zero attached hydrogens (tertiary/aromatic N) is 2. The van der Waals surface area contributed by atoms with Crippen molar-refractivity contribution in [3.63, 3.8) is 0 Å². The molecule has 0 aliphatic carbocycles. The maximum atomic E-state index is 12.9. The zero-order valence-corrected chi connectivity index (χ0v) is 18.6. The Labute approximate surface area is 184 Å². The van der Waals surface area contributed by atoms with Gasteiger partial charge in [0.15, 0.2) is 0 Å². The van der Waals surface area contributed by atoms with E-state index in [1.807, 2.05) is 65.7 Å². The molecule has 2 aromatic carbocycles. The van der Waals surface area contributed by atoms with Crippen LogP contribution in [-0.2, 0) is 23.6 Å². The van der Waals surface area contributed by atoms with E-state index < -0.39 is 5.97 Å². The third kappa shape index (κ3) is 3.47. The first-order chi connectivity index (χ1) is 14.9. The van der Waals surface area contributed by atoms with E-state index in [4.69, 9.17) is 21.1 Å². The van der Waals surface area contributed by atoms with Crippen LogP contribution in [0.4, 0.5) is 0 Å². The van der Waals surface area contributed by atoms with E-state index >= 15 is 0 Å². The van der Waals surface area contributed by atoms with Gasteiger partial charge in [-0.2, -0.15) is 0 Å². The number of benzene rings is 2. The van der Waals surface area contributed by atoms with Crippen LogP contribution in [-0.4, -0.2) is 34.3 Å². The summed E-state index contributed by atoms with van der Waals surface area (Å²) in [6.07, 6.45) is 0. The lowest BCUT2D eigenvalue weighted by molar-refractivity contribution is 0.0507. The fourth-order valence-electron chi connectivity index (χ4n) is 4.03. The van der Waals surface area contributed by atoms with Crippen LogP contribution in [0.5, 0.6) is 0 Å². The second-order valence-corrected chi connectivity index (χ2v) is 7.68. The van der Waals surface area contributed by atoms with Crippen molar-refractivity contribution >= 4 is 45.3 Å². The molecule has 2 heterocycles. The van der Waals surface area contributed by atoms with E-state index in [1.54, 1.807) is 13.8 Å². The molecule has 0 bridgehead atoms. The molecule has 0 aliphatic heterocycles. The summed E-state index contributed by atoms with van der Waals surface area (Å²) in [7, 11) is 3.65. The molecule has 0 aliphatic rings. The van der Waals surface area contributed by atoms with Crippen LogP contribution in [0.3, 0.4) is 0 Å². The molecule has 0 N–H and O–H groups in total. The van der Waals surface area contributed by atoms with Crippen molar-refractivity contribution in [2.75, 3.05) is 13.2 Å². The number of rotatable bonds is 5. The highest BCUT2D eigenvalue weighted by Gasteiger charge is 2.24. The molecule has 0 saturated carbocycles. The molecule has 0 spiro atoms. The lowest BCUT2D eigenvalue weighted by Gasteiger charge is -2.09. The first kappa shape index (κ1) is 21.0. The summed E-state index contributed by atoms with van der Waals surface area (Å²) < 4.78 is 14.1. The molecule has 0 saturated heterocycles. The quantitative estimate of drug-likeness (QED) is 0.394. The average molecular weight is 439 g/mol. The van der Waals surface area contributed by atoms with Gasteiger partial charge in [0.05, 0.1) is 18.7 Å². The number of halogens is 1. The summed E-state index contributed by atoms with van der Waals surface area (Å²) in [4.78, 5) is 25.2. The highest BCUT2D eigenvalue weighted by Crippen LogP contribution is 2.37. The highest BCUT2D eigenvalue weighted by molar-refractivity contribution is 6.31. The van der Waals surface area contributed by atoms with E-state index in [0.717, 1.165) is 32.9 Å². The predicted octanol–water partition coefficient (Wildman–Crippen LogP) is 5.34. The van der Waals surface area contributed by atoms with Crippen LogP contribution in [0.2, 0.25) is 5.02 Å². The number of hydrogen-bond acceptors (Lipinski definition) is 4. The largest absolute Gasteiger partial charge is 0.461 e. The van der Waals surface area contributed by atoms with E-state index in [0.29, 0.717) is 23.0 Å². The van der Waals surface area contributed by atoms with Gasteiger partial charge in [0.25, 0.3) is 0 Å². The van der Waals surface area contributed by atoms with Crippen molar-refractivity contribution in [2.24, 2.45) is 14.1 Å². The van der Waals surface area contributed by atoms with Crippen molar-refractivity contribution in [3.8, 4) is 11.1 Å². The third-order valence-electron chi connectivity index (χ3n) is 5.45. The number of carbonyl (C=O) groups is 2. The van der Waals surface area contributed by atoms with Gasteiger partial charge in [0.1, 0.15) is 11.4 Å². The van der Waals surface area contributed by atoms with Crippen molar-refractivity contribution in [1.29, 1.82) is 0 Å². The van der Waals surface area contributed by atoms with E-state index in [9.17, 15) is 9.59 Å². The van der Waals surface area contributed by atoms with Crippen LogP contribution >= 0.6 is 11.6 Å². The van der Waals surface area contributed by atoms with Gasteiger partial charge in [-0.05, 0) is 43.7 Å². The molecule has 0 amide bonds. The molecule has 4 rings (SSSR count). The number of esters is 2. The molecule has 7 heteroatoms. The van der Waals surface area contributed by atoms with Crippen LogP contribution in [0.25, 0.3) is 32.9 Å². The molecule has 6 nitrogen and oxygen atoms in total. The normalized spacial score (nSPS) is 11.3. The Balaban J connectivity index is 1.97. The summed E-state index contributed by atoms with van der Waals surface area (Å²) in [5.74, 6) is -0.763. The summed E-state index contributed by atoms with van der Waals surface area (Å²) in [6.45, 7) is 4.15. The Morgan fingerprint density at radius 1 is 0.871 bits per heavy atom. The van der Waals surface area contributed by atoms with E-state index in [-0.39, 0.29) is 12.6 Å². The van der Waals surface area contributed by atoms with Gasteiger partial charge in [-0.1, -0.05) is 29.8 Å². The zero-order chi connectivity index (χ0) is 22.3. The van der Waals surface area contributed by atoms with Crippen molar-refractivity contribution in [1.82, 2.24) is 9.13 Å². The smallest absolute Gasteiger partial charge is 0.355 e. The lowest BCUT2D eigenvalue weighted by Crippen LogP contribution is -2.11. The Morgan fingerprint density at radius 2 is 1.58 bits per heavy atom. The third-order valence-corrected chi connectivity index (χ3v) is 5.69. The predicted molar refractivity (Wildman–Crippen MR) is 122 cm³/mol. The molecular formula is C24H23ClN2O4. The molecule has 0 radical (unpaired) electrons. The van der Waals surface area contributed by atoms with Crippen molar-refractivity contribution < 1.29 is 19.1 Å². The minimum absolute atomic E-state index is 0.278. The molecule has 0 atom stereocenters. The van der Waals surface area contributed by atoms with Crippen LogP contribution < -0.4 is 0 Å². The molecule has 4 aromatic rings. The zero-order valence-electron chi connectivity index (χ0n) is 17.9. The number of aryl methyl sites for hydroxylation is 2. The van der Waals surface area contributed by atoms with Gasteiger partial charge in [-0.25, -0.2) is 9.59 Å². The topological polar surface area (TPSA) is 62.5 Å². The second-order valence-electron chi connectivity index (χ2n) is 7.25. The maximum Gasteiger partial charge on any atom is 0.355 e. The number of carbonyl (C=O) groups excluding carboxylic acids is 2. The summed E-state index contributed by atoms with van der Waals surface area (Å²) >= 11 is 6.22. The second kappa shape index (κ2) is 8.12. The summed E-state index contributed by atoms with van der Waals surface area (Å²) in [5.41, 5.74) is 4.25. The molecule has 2 aromatic heterocycles. The SMILES string of the molecule is CCOC(=O)c1cc2ccc(-c3c(C(=O)OCC)n(C)c4cc(Cl)ccc34)cc2n1C. The van der Waals surface area contributed by atoms with Gasteiger partial charge < -0.3 is 18.6 Å². The average Bonchev–Trinajstić information content (AvgIpc) is 3.22. The Hall–Kier alpha value is -3.25. The lowest BCUT2D eigenvalue weighted by atomic mass is 10.0. The maximum absolute atomic E-state index is 12.9. The molecule has 0 unspecified atom stereocenters.